The molecule has 1 unspecified atom stereocenters. The molecule has 2 aliphatic heterocycles. The summed E-state index contributed by atoms with van der Waals surface area (Å²) in [6.07, 6.45) is 4.30. The topological polar surface area (TPSA) is 85.8 Å². The van der Waals surface area contributed by atoms with E-state index in [0.717, 1.165) is 24.9 Å². The van der Waals surface area contributed by atoms with Gasteiger partial charge >= 0.3 is 6.09 Å². The average Bonchev–Trinajstić information content (AvgIpc) is 2.84. The highest BCUT2D eigenvalue weighted by atomic mass is 35.5. The number of carbonyl (C=O) groups excluding carboxylic acids is 1. The van der Waals surface area contributed by atoms with Crippen LogP contribution in [0, 0.1) is 11.9 Å². The minimum Gasteiger partial charge on any atom is -0.487 e. The van der Waals surface area contributed by atoms with Gasteiger partial charge in [-0.05, 0) is 49.2 Å². The number of benzene rings is 1. The molecule has 1 aromatic carbocycles. The lowest BCUT2D eigenvalue weighted by Gasteiger charge is -2.39. The predicted octanol–water partition coefficient (Wildman–Crippen LogP) is 4.39. The first kappa shape index (κ1) is 28.1. The number of rotatable bonds is 8. The maximum absolute atomic E-state index is 13.4. The Bertz CT molecular complexity index is 1120. The zero-order valence-electron chi connectivity index (χ0n) is 20.1. The lowest BCUT2D eigenvalue weighted by molar-refractivity contribution is 0.0253. The second kappa shape index (κ2) is 14.3. The summed E-state index contributed by atoms with van der Waals surface area (Å²) in [4.78, 5) is 20.7. The van der Waals surface area contributed by atoms with Gasteiger partial charge in [0, 0.05) is 25.0 Å². The van der Waals surface area contributed by atoms with Crippen molar-refractivity contribution in [2.24, 2.45) is 0 Å². The summed E-state index contributed by atoms with van der Waals surface area (Å²) in [5, 5.41) is 3.17. The molecular formula is C26H29ClF2N4O4. The zero-order chi connectivity index (χ0) is 25.2. The summed E-state index contributed by atoms with van der Waals surface area (Å²) >= 11 is 0. The number of nitrogens with one attached hydrogen (secondary N) is 1. The average molecular weight is 535 g/mol. The molecule has 11 heteroatoms. The van der Waals surface area contributed by atoms with Crippen molar-refractivity contribution < 1.29 is 27.8 Å². The van der Waals surface area contributed by atoms with Gasteiger partial charge in [-0.15, -0.1) is 12.4 Å². The number of halogens is 3. The Labute approximate surface area is 220 Å². The van der Waals surface area contributed by atoms with E-state index < -0.39 is 11.9 Å². The van der Waals surface area contributed by atoms with E-state index in [9.17, 15) is 13.6 Å². The molecule has 5 rings (SSSR count). The van der Waals surface area contributed by atoms with E-state index in [1.54, 1.807) is 23.1 Å². The second-order valence-electron chi connectivity index (χ2n) is 8.32. The van der Waals surface area contributed by atoms with Gasteiger partial charge in [0.05, 0.1) is 6.04 Å². The molecule has 0 aliphatic carbocycles. The Morgan fingerprint density at radius 2 is 1.54 bits per heavy atom. The largest absolute Gasteiger partial charge is 0.487 e. The first-order valence-corrected chi connectivity index (χ1v) is 11.8. The fourth-order valence-electron chi connectivity index (χ4n) is 3.48. The summed E-state index contributed by atoms with van der Waals surface area (Å²) < 4.78 is 42.2. The first-order valence-electron chi connectivity index (χ1n) is 11.8. The fraction of sp³-hybridized carbons (Fsp3) is 0.346. The molecule has 0 spiro atoms. The van der Waals surface area contributed by atoms with Gasteiger partial charge in [-0.25, -0.2) is 14.8 Å². The van der Waals surface area contributed by atoms with Crippen LogP contribution in [0.4, 0.5) is 13.6 Å². The number of likely N-dealkylation sites (tertiary alicyclic amines) is 1. The molecular weight excluding hydrogens is 506 g/mol. The number of hydrogen-bond donors (Lipinski definition) is 1. The van der Waals surface area contributed by atoms with E-state index in [0.29, 0.717) is 19.2 Å². The van der Waals surface area contributed by atoms with Crippen molar-refractivity contribution in [2.45, 2.75) is 31.5 Å². The van der Waals surface area contributed by atoms with Gasteiger partial charge in [-0.1, -0.05) is 30.3 Å². The van der Waals surface area contributed by atoms with Gasteiger partial charge in [-0.2, -0.15) is 8.78 Å². The molecule has 1 amide bonds. The number of aromatic nitrogens is 2. The number of hydrogen-bond acceptors (Lipinski definition) is 7. The molecule has 2 atom stereocenters. The standard InChI is InChI=1S/C17H17FN2O3.C9H11FN2O.ClH/c18-16-15(7-4-9-19-16)22-12-14-8-10-20(14)17(21)23-11-13-5-2-1-3-6-13;10-9-8(2-1-4-12-9)13-6-7-3-5-11-7;/h1-7,9,14H,8,10-12H2;1-2,4,7,11H,3,5-6H2;1H/t14-;;/m0../s1. The number of nitrogens with zero attached hydrogens (tertiary/aromatic N) is 3. The van der Waals surface area contributed by atoms with E-state index >= 15 is 0 Å². The van der Waals surface area contributed by atoms with Crippen LogP contribution in [0.5, 0.6) is 11.5 Å². The molecule has 198 valence electrons. The summed E-state index contributed by atoms with van der Waals surface area (Å²) in [5.74, 6) is -0.861. The SMILES string of the molecule is Cl.Fc1ncccc1OCC1CCN1.O=C(OCc1ccccc1)N1CC[C@H]1COc1cccnc1F. The van der Waals surface area contributed by atoms with Crippen molar-refractivity contribution >= 4 is 18.5 Å². The van der Waals surface area contributed by atoms with E-state index in [1.807, 2.05) is 30.3 Å². The monoisotopic (exact) mass is 534 g/mol. The van der Waals surface area contributed by atoms with E-state index in [2.05, 4.69) is 15.3 Å². The van der Waals surface area contributed by atoms with Crippen LogP contribution in [0.1, 0.15) is 18.4 Å². The third kappa shape index (κ3) is 8.26. The smallest absolute Gasteiger partial charge is 0.410 e. The van der Waals surface area contributed by atoms with Crippen molar-refractivity contribution in [3.8, 4) is 11.5 Å². The number of carbonyl (C=O) groups is 1. The van der Waals surface area contributed by atoms with Crippen LogP contribution in [0.25, 0.3) is 0 Å². The van der Waals surface area contributed by atoms with Crippen LogP contribution in [0.3, 0.4) is 0 Å². The Balaban J connectivity index is 0.000000231. The third-order valence-corrected chi connectivity index (χ3v) is 5.83. The molecule has 4 heterocycles. The van der Waals surface area contributed by atoms with Crippen molar-refractivity contribution in [1.29, 1.82) is 0 Å². The molecule has 1 N–H and O–H groups in total. The van der Waals surface area contributed by atoms with Crippen LogP contribution < -0.4 is 14.8 Å². The molecule has 0 bridgehead atoms. The molecule has 2 fully saturated rings. The summed E-state index contributed by atoms with van der Waals surface area (Å²) in [7, 11) is 0. The van der Waals surface area contributed by atoms with Gasteiger partial charge in [0.15, 0.2) is 11.5 Å². The van der Waals surface area contributed by atoms with Gasteiger partial charge < -0.3 is 24.4 Å². The van der Waals surface area contributed by atoms with E-state index in [1.165, 1.54) is 18.5 Å². The molecule has 0 radical (unpaired) electrons. The number of amides is 1. The van der Waals surface area contributed by atoms with E-state index in [-0.39, 0.29) is 49.3 Å². The number of ether oxygens (including phenoxy) is 3. The maximum Gasteiger partial charge on any atom is 0.410 e. The van der Waals surface area contributed by atoms with Crippen molar-refractivity contribution in [2.75, 3.05) is 26.3 Å². The molecule has 37 heavy (non-hydrogen) atoms. The molecule has 2 aromatic heterocycles. The highest BCUT2D eigenvalue weighted by Gasteiger charge is 2.34. The van der Waals surface area contributed by atoms with Gasteiger partial charge in [0.25, 0.3) is 11.9 Å². The highest BCUT2D eigenvalue weighted by molar-refractivity contribution is 5.85. The van der Waals surface area contributed by atoms with Crippen LogP contribution in [-0.4, -0.2) is 59.3 Å². The highest BCUT2D eigenvalue weighted by Crippen LogP contribution is 2.21. The van der Waals surface area contributed by atoms with Crippen molar-refractivity contribution in [3.63, 3.8) is 0 Å². The maximum atomic E-state index is 13.4. The summed E-state index contributed by atoms with van der Waals surface area (Å²) in [6.45, 7) is 2.63. The quantitative estimate of drug-likeness (QED) is 0.429. The minimum atomic E-state index is -0.648. The molecule has 3 aromatic rings. The molecule has 2 aliphatic rings. The molecule has 8 nitrogen and oxygen atoms in total. The van der Waals surface area contributed by atoms with Crippen molar-refractivity contribution in [3.05, 3.63) is 84.4 Å². The van der Waals surface area contributed by atoms with E-state index in [4.69, 9.17) is 14.2 Å². The van der Waals surface area contributed by atoms with Crippen LogP contribution in [-0.2, 0) is 11.3 Å². The summed E-state index contributed by atoms with van der Waals surface area (Å²) in [5.41, 5.74) is 0.937. The molecule has 0 saturated carbocycles. The van der Waals surface area contributed by atoms with Crippen LogP contribution in [0.15, 0.2) is 67.0 Å². The van der Waals surface area contributed by atoms with Gasteiger partial charge in [-0.3, -0.25) is 0 Å². The van der Waals surface area contributed by atoms with Gasteiger partial charge in [0.1, 0.15) is 19.8 Å². The Morgan fingerprint density at radius 3 is 2.05 bits per heavy atom. The number of pyridine rings is 2. The molecule has 2 saturated heterocycles. The normalized spacial score (nSPS) is 17.6. The first-order chi connectivity index (χ1) is 17.6. The van der Waals surface area contributed by atoms with Crippen molar-refractivity contribution in [1.82, 2.24) is 20.2 Å². The lowest BCUT2D eigenvalue weighted by atomic mass is 10.1. The lowest BCUT2D eigenvalue weighted by Crippen LogP contribution is -2.54. The fourth-order valence-corrected chi connectivity index (χ4v) is 3.48. The zero-order valence-corrected chi connectivity index (χ0v) is 20.9. The minimum absolute atomic E-state index is 0. The Hall–Kier alpha value is -3.50. The predicted molar refractivity (Wildman–Crippen MR) is 135 cm³/mol. The Morgan fingerprint density at radius 1 is 0.919 bits per heavy atom. The van der Waals surface area contributed by atoms with Crippen LogP contribution >= 0.6 is 12.4 Å². The third-order valence-electron chi connectivity index (χ3n) is 5.83. The second-order valence-corrected chi connectivity index (χ2v) is 8.32. The van der Waals surface area contributed by atoms with Crippen LogP contribution in [0.2, 0.25) is 0 Å². The summed E-state index contributed by atoms with van der Waals surface area (Å²) in [6, 6.07) is 16.1. The Kier molecular flexibility index (Phi) is 10.8. The van der Waals surface area contributed by atoms with Gasteiger partial charge in [0.2, 0.25) is 0 Å².